The van der Waals surface area contributed by atoms with E-state index >= 15 is 0 Å². The molecule has 26 heteroatoms. The first kappa shape index (κ1) is 60.4. The van der Waals surface area contributed by atoms with Crippen molar-refractivity contribution in [2.45, 2.75) is 47.3 Å². The molecule has 0 saturated heterocycles. The lowest BCUT2D eigenvalue weighted by Gasteiger charge is -2.14. The summed E-state index contributed by atoms with van der Waals surface area (Å²) in [5.41, 5.74) is 5.91. The fourth-order valence-corrected chi connectivity index (χ4v) is 8.59. The van der Waals surface area contributed by atoms with Gasteiger partial charge in [-0.1, -0.05) is 135 Å². The average molecular weight is 1080 g/mol. The summed E-state index contributed by atoms with van der Waals surface area (Å²) < 4.78 is 72.4. The summed E-state index contributed by atoms with van der Waals surface area (Å²) in [5, 5.41) is 80.7. The number of fused-ring (bicyclic) bond motifs is 4. The Balaban J connectivity index is 0.000000262. The molecule has 8 aromatic rings. The van der Waals surface area contributed by atoms with Crippen LogP contribution in [0.15, 0.2) is 178 Å². The highest BCUT2D eigenvalue weighted by molar-refractivity contribution is 7.95. The number of benzene rings is 8. The normalized spacial score (nSPS) is 11.3. The van der Waals surface area contributed by atoms with E-state index in [1.54, 1.807) is 36.4 Å². The molecule has 0 radical (unpaired) electrons. The van der Waals surface area contributed by atoms with Gasteiger partial charge in [0.2, 0.25) is 0 Å². The Morgan fingerprint density at radius 3 is 1.38 bits per heavy atom. The van der Waals surface area contributed by atoms with E-state index < -0.39 is 30.9 Å². The molecule has 9 N–H and O–H groups in total. The molecule has 0 aliphatic rings. The van der Waals surface area contributed by atoms with Crippen molar-refractivity contribution in [1.29, 1.82) is 0 Å². The zero-order valence-electron chi connectivity index (χ0n) is 39.9. The maximum absolute atomic E-state index is 11.8. The van der Waals surface area contributed by atoms with Gasteiger partial charge in [0.15, 0.2) is 11.5 Å². The van der Waals surface area contributed by atoms with Gasteiger partial charge in [-0.2, -0.15) is 47.5 Å². The quantitative estimate of drug-likeness (QED) is 0.0149. The summed E-state index contributed by atoms with van der Waals surface area (Å²) in [7, 11) is -4.84. The fourth-order valence-electron chi connectivity index (χ4n) is 6.37. The Hall–Kier alpha value is -6.92. The second-order valence-electron chi connectivity index (χ2n) is 13.4. The van der Waals surface area contributed by atoms with Crippen LogP contribution in [0.3, 0.4) is 0 Å². The minimum atomic E-state index is -4.72. The zero-order valence-corrected chi connectivity index (χ0v) is 43.2. The van der Waals surface area contributed by atoms with Crippen molar-refractivity contribution in [1.82, 2.24) is 0 Å². The first-order chi connectivity index (χ1) is 35.0. The van der Waals surface area contributed by atoms with Gasteiger partial charge in [-0.25, -0.2) is 10.5 Å². The lowest BCUT2D eigenvalue weighted by Crippen LogP contribution is -2.02. The molecule has 0 spiro atoms. The summed E-state index contributed by atoms with van der Waals surface area (Å²) >= 11 is 1.14. The van der Waals surface area contributed by atoms with Crippen molar-refractivity contribution in [2.75, 3.05) is 26.9 Å². The molecule has 0 amide bonds. The number of anilines is 1. The number of nitrogens with two attached hydrogens (primary N) is 1. The number of nitrogen functional groups attached to an aromatic ring is 1. The number of nitrogens with zero attached hydrogens (tertiary/aromatic N) is 6. The highest BCUT2D eigenvalue weighted by Gasteiger charge is 2.25. The third kappa shape index (κ3) is 16.3. The SMILES string of the molecule is CC.CC.CN=Nc1c(SOOO)cc2ccccc2c1O.CN=Nc1cc(S(=O)(=O)O)c2cc(SOOO)c(N=NC)c(O)c2c1N.O=S(=O)(O)c1cc(O)c2ccccc2c1.c1ccc2ccccc2c1. The largest absolute Gasteiger partial charge is 0.507 e. The monoisotopic (exact) mass is 1080 g/mol. The van der Waals surface area contributed by atoms with Gasteiger partial charge in [0.05, 0.1) is 49.8 Å². The lowest BCUT2D eigenvalue weighted by atomic mass is 10.0. The van der Waals surface area contributed by atoms with Crippen LogP contribution in [0, 0.1) is 0 Å². The third-order valence-corrected chi connectivity index (χ3v) is 12.2. The van der Waals surface area contributed by atoms with Crippen molar-refractivity contribution in [2.24, 2.45) is 30.7 Å². The zero-order chi connectivity index (χ0) is 54.3. The maximum atomic E-state index is 11.8. The van der Waals surface area contributed by atoms with E-state index in [9.17, 15) is 36.7 Å². The molecule has 388 valence electrons. The van der Waals surface area contributed by atoms with Crippen LogP contribution in [0.5, 0.6) is 17.2 Å². The van der Waals surface area contributed by atoms with Gasteiger partial charge in [0.25, 0.3) is 20.2 Å². The number of azo groups is 3. The third-order valence-electron chi connectivity index (χ3n) is 9.24. The second-order valence-corrected chi connectivity index (χ2v) is 17.7. The van der Waals surface area contributed by atoms with Gasteiger partial charge in [-0.15, -0.1) is 8.67 Å². The van der Waals surface area contributed by atoms with E-state index in [1.807, 2.05) is 45.9 Å². The number of aromatic hydroxyl groups is 3. The topological polar surface area (TPSA) is 347 Å². The Bertz CT molecular complexity index is 3380. The Kier molecular flexibility index (Phi) is 24.5. The van der Waals surface area contributed by atoms with Crippen molar-refractivity contribution < 1.29 is 70.5 Å². The second kappa shape index (κ2) is 29.6. The Labute approximate surface area is 428 Å². The smallest absolute Gasteiger partial charge is 0.295 e. The van der Waals surface area contributed by atoms with Crippen LogP contribution in [-0.4, -0.2) is 72.9 Å². The molecule has 0 aliphatic carbocycles. The van der Waals surface area contributed by atoms with Crippen LogP contribution in [0.2, 0.25) is 0 Å². The molecule has 22 nitrogen and oxygen atoms in total. The standard InChI is InChI=1S/C12H13N5O7S2.C11H10N2O4S.C10H8O4S.C10H8.2C2H6/c1-14-16-6-4-8(26(20,21)22)5-3-7(25-24-23-19)11(17-15-2)12(18)9(5)10(6)13;1-12-13-10-9(18-17-16-15)6-7-4-2-3-5-8(7)11(10)14;11-10-6-8(15(12,13)14)5-7-3-1-2-4-9(7)10;1-2-6-10-8-4-3-7-9(10)5-1;2*1-2/h3-4,18-19H,13H2,1-2H3,(H,20,21,22);2-6,14-15H,1H3;1-6,11H,(H,12,13,14);1-8H;2*1-2H3. The fraction of sp³-hybridized carbons (Fsp3) is 0.149. The van der Waals surface area contributed by atoms with Crippen molar-refractivity contribution in [3.05, 3.63) is 127 Å². The molecular formula is C47H51N7O15S4. The first-order valence-corrected chi connectivity index (χ1v) is 25.5. The van der Waals surface area contributed by atoms with Crippen molar-refractivity contribution in [3.63, 3.8) is 0 Å². The summed E-state index contributed by atoms with van der Waals surface area (Å²) in [4.78, 5) is -0.389. The molecule has 0 aliphatic heterocycles. The molecule has 0 fully saturated rings. The van der Waals surface area contributed by atoms with E-state index in [2.05, 4.69) is 98.0 Å². The summed E-state index contributed by atoms with van der Waals surface area (Å²) in [6.07, 6.45) is 0. The number of hydrogen-bond donors (Lipinski definition) is 8. The first-order valence-electron chi connectivity index (χ1n) is 21.1. The van der Waals surface area contributed by atoms with Crippen molar-refractivity contribution >= 4 is 110 Å². The average Bonchev–Trinajstić information content (AvgIpc) is 3.39. The predicted molar refractivity (Wildman–Crippen MR) is 280 cm³/mol. The van der Waals surface area contributed by atoms with Gasteiger partial charge < -0.3 is 21.1 Å². The van der Waals surface area contributed by atoms with Crippen molar-refractivity contribution in [3.8, 4) is 17.2 Å². The van der Waals surface area contributed by atoms with E-state index in [1.165, 1.54) is 44.0 Å². The van der Waals surface area contributed by atoms with Gasteiger partial charge in [0, 0.05) is 43.4 Å². The predicted octanol–water partition coefficient (Wildman–Crippen LogP) is 13.6. The minimum Gasteiger partial charge on any atom is -0.507 e. The number of rotatable bonds is 11. The van der Waals surface area contributed by atoms with Crippen LogP contribution >= 0.6 is 24.1 Å². The molecule has 0 unspecified atom stereocenters. The van der Waals surface area contributed by atoms with Crippen LogP contribution < -0.4 is 5.73 Å². The molecule has 0 bridgehead atoms. The molecule has 8 rings (SSSR count). The van der Waals surface area contributed by atoms with Crippen LogP contribution in [-0.2, 0) is 39.0 Å². The molecule has 0 heterocycles. The maximum Gasteiger partial charge on any atom is 0.295 e. The van der Waals surface area contributed by atoms with Gasteiger partial charge in [-0.3, -0.25) is 9.11 Å². The summed E-state index contributed by atoms with van der Waals surface area (Å²) in [6, 6.07) is 37.1. The minimum absolute atomic E-state index is 0.00254. The van der Waals surface area contributed by atoms with Gasteiger partial charge >= 0.3 is 0 Å². The number of phenols is 3. The highest BCUT2D eigenvalue weighted by Crippen LogP contribution is 2.49. The molecule has 8 aromatic carbocycles. The molecule has 0 aromatic heterocycles. The Morgan fingerprint density at radius 2 is 0.932 bits per heavy atom. The van der Waals surface area contributed by atoms with Gasteiger partial charge in [0.1, 0.15) is 27.7 Å². The van der Waals surface area contributed by atoms with E-state index in [0.717, 1.165) is 29.6 Å². The lowest BCUT2D eigenvalue weighted by molar-refractivity contribution is -0.432. The molecule has 73 heavy (non-hydrogen) atoms. The molecule has 0 atom stereocenters. The van der Waals surface area contributed by atoms with Crippen LogP contribution in [0.1, 0.15) is 27.7 Å². The van der Waals surface area contributed by atoms with Gasteiger partial charge in [-0.05, 0) is 45.8 Å². The van der Waals surface area contributed by atoms with E-state index in [4.69, 9.17) is 20.8 Å². The molecular weight excluding hydrogens is 1030 g/mol. The van der Waals surface area contributed by atoms with Crippen LogP contribution in [0.4, 0.5) is 22.7 Å². The van der Waals surface area contributed by atoms with E-state index in [-0.39, 0.29) is 54.8 Å². The van der Waals surface area contributed by atoms with Crippen LogP contribution in [0.25, 0.3) is 43.1 Å². The summed E-state index contributed by atoms with van der Waals surface area (Å²) in [5.74, 6) is -0.712. The Morgan fingerprint density at radius 1 is 0.507 bits per heavy atom. The summed E-state index contributed by atoms with van der Waals surface area (Å²) in [6.45, 7) is 8.00. The number of hydrogen-bond acceptors (Lipinski definition) is 22. The number of phenolic OH excluding ortho intramolecular Hbond substituents is 3. The molecule has 0 saturated carbocycles. The highest BCUT2D eigenvalue weighted by atomic mass is 32.2. The van der Waals surface area contributed by atoms with E-state index in [0.29, 0.717) is 33.1 Å².